The molecule has 1 saturated carbocycles. The fourth-order valence-electron chi connectivity index (χ4n) is 3.90. The Hall–Kier alpha value is -2.78. The van der Waals surface area contributed by atoms with Crippen LogP contribution < -0.4 is 0 Å². The van der Waals surface area contributed by atoms with Crippen LogP contribution in [0.15, 0.2) is 29.9 Å². The van der Waals surface area contributed by atoms with Crippen LogP contribution in [0, 0.1) is 5.92 Å². The van der Waals surface area contributed by atoms with E-state index in [1.54, 1.807) is 11.3 Å². The van der Waals surface area contributed by atoms with Gasteiger partial charge in [0.1, 0.15) is 11.1 Å². The Labute approximate surface area is 210 Å². The first-order valence-corrected chi connectivity index (χ1v) is 11.9. The Morgan fingerprint density at radius 1 is 1.03 bits per heavy atom. The number of alkyl halides is 6. The van der Waals surface area contributed by atoms with E-state index in [9.17, 15) is 26.3 Å². The molecule has 2 N–H and O–H groups in total. The molecule has 204 valence electrons. The summed E-state index contributed by atoms with van der Waals surface area (Å²) in [5.74, 6) is -4.10. The lowest BCUT2D eigenvalue weighted by Crippen LogP contribution is -2.23. The van der Waals surface area contributed by atoms with E-state index in [4.69, 9.17) is 29.5 Å². The van der Waals surface area contributed by atoms with E-state index in [0.29, 0.717) is 12.0 Å². The lowest BCUT2D eigenvalue weighted by molar-refractivity contribution is -0.193. The number of hydrogen-bond donors (Lipinski definition) is 2. The third kappa shape index (κ3) is 8.64. The fraction of sp³-hybridized carbons (Fsp3) is 0.545. The highest BCUT2D eigenvalue weighted by molar-refractivity contribution is 7.09. The molecule has 3 fully saturated rings. The van der Waals surface area contributed by atoms with Crippen molar-refractivity contribution in [1.29, 1.82) is 0 Å². The highest BCUT2D eigenvalue weighted by Crippen LogP contribution is 2.45. The molecule has 2 saturated heterocycles. The van der Waals surface area contributed by atoms with Gasteiger partial charge in [-0.1, -0.05) is 0 Å². The van der Waals surface area contributed by atoms with E-state index < -0.39 is 24.3 Å². The summed E-state index contributed by atoms with van der Waals surface area (Å²) < 4.78 is 69.8. The van der Waals surface area contributed by atoms with Crippen molar-refractivity contribution in [3.8, 4) is 0 Å². The number of carbonyl (C=O) groups is 2. The number of aromatic nitrogens is 2. The molecule has 2 aliphatic heterocycles. The predicted molar refractivity (Wildman–Crippen MR) is 117 cm³/mol. The quantitative estimate of drug-likeness (QED) is 0.525. The average molecular weight is 555 g/mol. The van der Waals surface area contributed by atoms with Crippen molar-refractivity contribution in [3.63, 3.8) is 0 Å². The van der Waals surface area contributed by atoms with Gasteiger partial charge in [0, 0.05) is 49.2 Å². The van der Waals surface area contributed by atoms with Crippen molar-refractivity contribution in [3.05, 3.63) is 46.2 Å². The molecule has 3 atom stereocenters. The fourth-order valence-corrected chi connectivity index (χ4v) is 4.85. The number of ether oxygens (including phenoxy) is 1. The van der Waals surface area contributed by atoms with E-state index in [0.717, 1.165) is 32.0 Å². The molecule has 4 heterocycles. The lowest BCUT2D eigenvalue weighted by atomic mass is 10.0. The molecular formula is C22H23F6N3O5S. The number of carboxylic acid groups (broad SMARTS) is 2. The number of aliphatic carboxylic acids is 2. The van der Waals surface area contributed by atoms with Crippen LogP contribution in [-0.2, 0) is 20.9 Å². The van der Waals surface area contributed by atoms with Gasteiger partial charge in [0.2, 0.25) is 0 Å². The number of rotatable bonds is 4. The van der Waals surface area contributed by atoms with Crippen LogP contribution in [0.2, 0.25) is 0 Å². The molecule has 0 bridgehead atoms. The maximum Gasteiger partial charge on any atom is 0.490 e. The number of fused-ring (bicyclic) bond motifs is 1. The molecule has 0 spiro atoms. The smallest absolute Gasteiger partial charge is 0.475 e. The normalized spacial score (nSPS) is 23.4. The van der Waals surface area contributed by atoms with Gasteiger partial charge in [-0.05, 0) is 37.0 Å². The number of thiazole rings is 1. The first-order chi connectivity index (χ1) is 17.2. The van der Waals surface area contributed by atoms with Gasteiger partial charge >= 0.3 is 24.3 Å². The number of carboxylic acids is 2. The standard InChI is InChI=1S/C18H21N3OS.2C2HF3O2/c1-2-13(1)15-11-23-18(20-15)16-7-14-9-21(10-17(14)22-16)8-12-3-5-19-6-4-12;2*3-2(4,5)1(6)7/h3-6,11,13-14,16-17H,1-2,7-10H2;2*(H,6,7)/t14-,16-,17+;;/m0../s1. The van der Waals surface area contributed by atoms with Crippen molar-refractivity contribution in [2.45, 2.75) is 56.3 Å². The zero-order chi connectivity index (χ0) is 27.4. The zero-order valence-corrected chi connectivity index (χ0v) is 19.9. The SMILES string of the molecule is O=C(O)C(F)(F)F.O=C(O)C(F)(F)F.c1cc(CN2C[C@@H]3C[C@@H](c4nc(C5CC5)cs4)O[C@@H]3C2)ccn1. The summed E-state index contributed by atoms with van der Waals surface area (Å²) >= 11 is 1.80. The summed E-state index contributed by atoms with van der Waals surface area (Å²) in [4.78, 5) is 29.2. The first kappa shape index (κ1) is 28.8. The molecule has 37 heavy (non-hydrogen) atoms. The molecular weight excluding hydrogens is 532 g/mol. The zero-order valence-electron chi connectivity index (χ0n) is 19.1. The second-order valence-corrected chi connectivity index (χ2v) is 9.59. The van der Waals surface area contributed by atoms with Gasteiger partial charge in [0.15, 0.2) is 0 Å². The summed E-state index contributed by atoms with van der Waals surface area (Å²) in [6.07, 6.45) is -2.01. The Morgan fingerprint density at radius 2 is 1.59 bits per heavy atom. The van der Waals surface area contributed by atoms with Crippen molar-refractivity contribution < 1.29 is 50.9 Å². The number of likely N-dealkylation sites (tertiary alicyclic amines) is 1. The summed E-state index contributed by atoms with van der Waals surface area (Å²) in [5.41, 5.74) is 2.65. The van der Waals surface area contributed by atoms with Crippen LogP contribution in [0.3, 0.4) is 0 Å². The van der Waals surface area contributed by atoms with Crippen LogP contribution in [0.4, 0.5) is 26.3 Å². The van der Waals surface area contributed by atoms with Gasteiger partial charge in [0.25, 0.3) is 0 Å². The van der Waals surface area contributed by atoms with Gasteiger partial charge in [-0.2, -0.15) is 26.3 Å². The van der Waals surface area contributed by atoms with Crippen molar-refractivity contribution in [2.75, 3.05) is 13.1 Å². The molecule has 0 amide bonds. The number of halogens is 6. The molecule has 8 nitrogen and oxygen atoms in total. The molecule has 0 aromatic carbocycles. The molecule has 15 heteroatoms. The van der Waals surface area contributed by atoms with E-state index >= 15 is 0 Å². The molecule has 2 aromatic heterocycles. The molecule has 5 rings (SSSR count). The predicted octanol–water partition coefficient (Wildman–Crippen LogP) is 4.64. The lowest BCUT2D eigenvalue weighted by Gasteiger charge is -2.18. The van der Waals surface area contributed by atoms with E-state index in [-0.39, 0.29) is 6.10 Å². The largest absolute Gasteiger partial charge is 0.490 e. The second kappa shape index (κ2) is 11.7. The van der Waals surface area contributed by atoms with Gasteiger partial charge in [-0.15, -0.1) is 11.3 Å². The van der Waals surface area contributed by atoms with Gasteiger partial charge in [-0.25, -0.2) is 14.6 Å². The monoisotopic (exact) mass is 555 g/mol. The second-order valence-electron chi connectivity index (χ2n) is 8.70. The van der Waals surface area contributed by atoms with Crippen LogP contribution >= 0.6 is 11.3 Å². The van der Waals surface area contributed by atoms with Gasteiger partial charge in [0.05, 0.1) is 11.8 Å². The molecule has 1 aliphatic carbocycles. The topological polar surface area (TPSA) is 113 Å². The molecule has 0 radical (unpaired) electrons. The Kier molecular flexibility index (Phi) is 9.13. The number of pyridine rings is 1. The highest BCUT2D eigenvalue weighted by atomic mass is 32.1. The molecule has 3 aliphatic rings. The highest BCUT2D eigenvalue weighted by Gasteiger charge is 2.43. The number of hydrogen-bond acceptors (Lipinski definition) is 7. The minimum Gasteiger partial charge on any atom is -0.475 e. The summed E-state index contributed by atoms with van der Waals surface area (Å²) in [6, 6.07) is 4.21. The van der Waals surface area contributed by atoms with E-state index in [2.05, 4.69) is 27.4 Å². The summed E-state index contributed by atoms with van der Waals surface area (Å²) in [5, 5.41) is 17.7. The van der Waals surface area contributed by atoms with E-state index in [1.165, 1.54) is 29.1 Å². The van der Waals surface area contributed by atoms with Crippen LogP contribution in [0.1, 0.15) is 47.5 Å². The Balaban J connectivity index is 0.000000227. The summed E-state index contributed by atoms with van der Waals surface area (Å²) in [7, 11) is 0. The first-order valence-electron chi connectivity index (χ1n) is 11.1. The van der Waals surface area contributed by atoms with Gasteiger partial charge < -0.3 is 14.9 Å². The third-order valence-corrected chi connectivity index (χ3v) is 6.72. The van der Waals surface area contributed by atoms with Crippen LogP contribution in [0.5, 0.6) is 0 Å². The third-order valence-electron chi connectivity index (χ3n) is 5.76. The van der Waals surface area contributed by atoms with Crippen LogP contribution in [0.25, 0.3) is 0 Å². The van der Waals surface area contributed by atoms with Crippen molar-refractivity contribution in [1.82, 2.24) is 14.9 Å². The molecule has 2 aromatic rings. The van der Waals surface area contributed by atoms with Crippen LogP contribution in [-0.4, -0.2) is 68.6 Å². The Bertz CT molecular complexity index is 1020. The summed E-state index contributed by atoms with van der Waals surface area (Å²) in [6.45, 7) is 3.20. The average Bonchev–Trinajstić information content (AvgIpc) is 3.21. The minimum absolute atomic E-state index is 0.241. The van der Waals surface area contributed by atoms with Crippen molar-refractivity contribution in [2.24, 2.45) is 5.92 Å². The van der Waals surface area contributed by atoms with E-state index in [1.807, 2.05) is 12.4 Å². The maximum atomic E-state index is 10.6. The Morgan fingerprint density at radius 3 is 2.08 bits per heavy atom. The van der Waals surface area contributed by atoms with Crippen molar-refractivity contribution >= 4 is 23.3 Å². The maximum absolute atomic E-state index is 10.6. The molecule has 0 unspecified atom stereocenters. The minimum atomic E-state index is -5.08. The van der Waals surface area contributed by atoms with Gasteiger partial charge in [-0.3, -0.25) is 9.88 Å². The number of nitrogens with zero attached hydrogens (tertiary/aromatic N) is 3.